The molecule has 31 heavy (non-hydrogen) atoms. The number of nitrogens with one attached hydrogen (secondary N) is 1. The Morgan fingerprint density at radius 3 is 1.94 bits per heavy atom. The van der Waals surface area contributed by atoms with Crippen molar-refractivity contribution in [3.63, 3.8) is 0 Å². The van der Waals surface area contributed by atoms with Gasteiger partial charge in [0.25, 0.3) is 15.7 Å². The fourth-order valence-corrected chi connectivity index (χ4v) is 4.98. The van der Waals surface area contributed by atoms with Crippen molar-refractivity contribution in [1.29, 1.82) is 0 Å². The highest BCUT2D eigenvalue weighted by molar-refractivity contribution is 7.92. The van der Waals surface area contributed by atoms with Crippen molar-refractivity contribution < 1.29 is 21.8 Å². The molecule has 0 bridgehead atoms. The summed E-state index contributed by atoms with van der Waals surface area (Å²) in [6.45, 7) is 0.192. The van der Waals surface area contributed by atoms with Crippen LogP contribution in [0.1, 0.15) is 5.56 Å². The van der Waals surface area contributed by atoms with Crippen molar-refractivity contribution >= 4 is 31.4 Å². The predicted octanol–water partition coefficient (Wildman–Crippen LogP) is 3.22. The number of nitro benzene ring substituents is 1. The van der Waals surface area contributed by atoms with Crippen LogP contribution in [-0.2, 0) is 26.6 Å². The van der Waals surface area contributed by atoms with Crippen LogP contribution in [0, 0.1) is 10.1 Å². The van der Waals surface area contributed by atoms with Crippen LogP contribution in [0.15, 0.2) is 88.7 Å². The van der Waals surface area contributed by atoms with E-state index in [2.05, 4.69) is 4.72 Å². The molecule has 0 unspecified atom stereocenters. The third kappa shape index (κ3) is 5.26. The first-order chi connectivity index (χ1) is 14.6. The molecule has 3 aromatic rings. The second-order valence-electron chi connectivity index (χ2n) is 6.63. The lowest BCUT2D eigenvalue weighted by Crippen LogP contribution is -2.26. The summed E-state index contributed by atoms with van der Waals surface area (Å²) in [5.74, 6) is 0. The molecular formula is C20H19N3O6S2. The van der Waals surface area contributed by atoms with Crippen LogP contribution in [0.3, 0.4) is 0 Å². The van der Waals surface area contributed by atoms with Crippen LogP contribution in [0.25, 0.3) is 0 Å². The van der Waals surface area contributed by atoms with E-state index in [1.165, 1.54) is 35.6 Å². The third-order valence-corrected chi connectivity index (χ3v) is 7.64. The molecule has 3 rings (SSSR count). The maximum atomic E-state index is 12.8. The number of rotatable bonds is 8. The molecule has 1 N–H and O–H groups in total. The molecule has 0 atom stereocenters. The van der Waals surface area contributed by atoms with Crippen molar-refractivity contribution in [2.24, 2.45) is 0 Å². The number of nitrogens with zero attached hydrogens (tertiary/aromatic N) is 2. The van der Waals surface area contributed by atoms with E-state index < -0.39 is 25.0 Å². The molecule has 11 heteroatoms. The molecule has 0 heterocycles. The zero-order chi connectivity index (χ0) is 22.6. The van der Waals surface area contributed by atoms with Crippen molar-refractivity contribution in [3.05, 3.63) is 94.5 Å². The minimum Gasteiger partial charge on any atom is -0.280 e. The summed E-state index contributed by atoms with van der Waals surface area (Å²) in [6, 6.07) is 18.9. The molecule has 9 nitrogen and oxygen atoms in total. The summed E-state index contributed by atoms with van der Waals surface area (Å²) in [4.78, 5) is 9.94. The normalized spacial score (nSPS) is 11.9. The van der Waals surface area contributed by atoms with Crippen LogP contribution in [0.4, 0.5) is 11.4 Å². The van der Waals surface area contributed by atoms with Gasteiger partial charge in [0, 0.05) is 31.4 Å². The summed E-state index contributed by atoms with van der Waals surface area (Å²) >= 11 is 0. The molecule has 0 saturated carbocycles. The number of hydrogen-bond acceptors (Lipinski definition) is 6. The molecule has 0 spiro atoms. The Balaban J connectivity index is 1.75. The standard InChI is InChI=1S/C20H19N3O6S2/c1-22(15-16-5-3-2-4-6-16)31(28,29)20-11-7-17(8-12-20)21-30(26,27)19-13-9-18(10-14-19)23(24)25/h2-14,21H,15H2,1H3. The molecule has 0 aliphatic rings. The Hall–Kier alpha value is -3.28. The number of sulfonamides is 2. The van der Waals surface area contributed by atoms with Gasteiger partial charge in [-0.05, 0) is 42.0 Å². The number of anilines is 1. The number of benzene rings is 3. The van der Waals surface area contributed by atoms with E-state index in [9.17, 15) is 26.9 Å². The molecule has 0 aliphatic carbocycles. The van der Waals surface area contributed by atoms with Crippen molar-refractivity contribution in [1.82, 2.24) is 4.31 Å². The van der Waals surface area contributed by atoms with Crippen LogP contribution in [0.2, 0.25) is 0 Å². The van der Waals surface area contributed by atoms with Crippen LogP contribution in [0.5, 0.6) is 0 Å². The average Bonchev–Trinajstić information content (AvgIpc) is 2.74. The van der Waals surface area contributed by atoms with Crippen molar-refractivity contribution in [3.8, 4) is 0 Å². The van der Waals surface area contributed by atoms with Crippen molar-refractivity contribution in [2.45, 2.75) is 16.3 Å². The summed E-state index contributed by atoms with van der Waals surface area (Å²) < 4.78 is 54.0. The van der Waals surface area contributed by atoms with Gasteiger partial charge in [0.2, 0.25) is 10.0 Å². The maximum absolute atomic E-state index is 12.8. The van der Waals surface area contributed by atoms with Gasteiger partial charge >= 0.3 is 0 Å². The molecule has 0 amide bonds. The van der Waals surface area contributed by atoms with E-state index in [-0.39, 0.29) is 27.7 Å². The Bertz CT molecular complexity index is 1280. The van der Waals surface area contributed by atoms with Gasteiger partial charge < -0.3 is 0 Å². The van der Waals surface area contributed by atoms with Gasteiger partial charge in [-0.1, -0.05) is 30.3 Å². The van der Waals surface area contributed by atoms with Gasteiger partial charge in [-0.25, -0.2) is 16.8 Å². The van der Waals surface area contributed by atoms with Gasteiger partial charge in [0.15, 0.2) is 0 Å². The second kappa shape index (κ2) is 8.84. The Morgan fingerprint density at radius 2 is 1.39 bits per heavy atom. The Kier molecular flexibility index (Phi) is 6.39. The SMILES string of the molecule is CN(Cc1ccccc1)S(=O)(=O)c1ccc(NS(=O)(=O)c2ccc([N+](=O)[O-])cc2)cc1. The molecule has 3 aromatic carbocycles. The van der Waals surface area contributed by atoms with E-state index >= 15 is 0 Å². The Labute approximate surface area is 180 Å². The van der Waals surface area contributed by atoms with Crippen molar-refractivity contribution in [2.75, 3.05) is 11.8 Å². The molecule has 162 valence electrons. The van der Waals surface area contributed by atoms with E-state index in [1.807, 2.05) is 30.3 Å². The van der Waals surface area contributed by atoms with Crippen LogP contribution < -0.4 is 4.72 Å². The lowest BCUT2D eigenvalue weighted by Gasteiger charge is -2.17. The van der Waals surface area contributed by atoms with Crippen LogP contribution in [-0.4, -0.2) is 33.1 Å². The first kappa shape index (κ1) is 22.4. The third-order valence-electron chi connectivity index (χ3n) is 4.42. The monoisotopic (exact) mass is 461 g/mol. The summed E-state index contributed by atoms with van der Waals surface area (Å²) in [5, 5.41) is 10.7. The maximum Gasteiger partial charge on any atom is 0.269 e. The highest BCUT2D eigenvalue weighted by atomic mass is 32.2. The minimum atomic E-state index is -3.99. The molecule has 0 aliphatic heterocycles. The molecule has 0 fully saturated rings. The number of non-ortho nitro benzene ring substituents is 1. The fourth-order valence-electron chi connectivity index (χ4n) is 2.76. The molecular weight excluding hydrogens is 442 g/mol. The fraction of sp³-hybridized carbons (Fsp3) is 0.100. The largest absolute Gasteiger partial charge is 0.280 e. The average molecular weight is 462 g/mol. The molecule has 0 aromatic heterocycles. The lowest BCUT2D eigenvalue weighted by atomic mass is 10.2. The van der Waals surface area contributed by atoms with E-state index in [0.717, 1.165) is 29.8 Å². The number of nitro groups is 1. The van der Waals surface area contributed by atoms with Gasteiger partial charge in [-0.2, -0.15) is 4.31 Å². The first-order valence-corrected chi connectivity index (χ1v) is 11.9. The van der Waals surface area contributed by atoms with Gasteiger partial charge in [-0.3, -0.25) is 14.8 Å². The smallest absolute Gasteiger partial charge is 0.269 e. The Morgan fingerprint density at radius 1 is 0.839 bits per heavy atom. The highest BCUT2D eigenvalue weighted by Gasteiger charge is 2.21. The van der Waals surface area contributed by atoms with E-state index in [0.29, 0.717) is 0 Å². The topological polar surface area (TPSA) is 127 Å². The quantitative estimate of drug-likeness (QED) is 0.405. The number of hydrogen-bond donors (Lipinski definition) is 1. The predicted molar refractivity (Wildman–Crippen MR) is 115 cm³/mol. The highest BCUT2D eigenvalue weighted by Crippen LogP contribution is 2.22. The zero-order valence-corrected chi connectivity index (χ0v) is 18.0. The lowest BCUT2D eigenvalue weighted by molar-refractivity contribution is -0.384. The minimum absolute atomic E-state index is 0.0178. The van der Waals surface area contributed by atoms with Gasteiger partial charge in [0.1, 0.15) is 0 Å². The second-order valence-corrected chi connectivity index (χ2v) is 10.4. The molecule has 0 radical (unpaired) electrons. The summed E-state index contributed by atoms with van der Waals surface area (Å²) in [7, 11) is -6.30. The van der Waals surface area contributed by atoms with E-state index in [1.54, 1.807) is 0 Å². The summed E-state index contributed by atoms with van der Waals surface area (Å²) in [6.07, 6.45) is 0. The molecule has 0 saturated heterocycles. The van der Waals surface area contributed by atoms with Crippen LogP contribution >= 0.6 is 0 Å². The summed E-state index contributed by atoms with van der Waals surface area (Å²) in [5.41, 5.74) is 0.761. The first-order valence-electron chi connectivity index (χ1n) is 8.97. The van der Waals surface area contributed by atoms with E-state index in [4.69, 9.17) is 0 Å². The van der Waals surface area contributed by atoms with Gasteiger partial charge in [0.05, 0.1) is 14.7 Å². The van der Waals surface area contributed by atoms with Gasteiger partial charge in [-0.15, -0.1) is 0 Å². The zero-order valence-electron chi connectivity index (χ0n) is 16.4.